The minimum Gasteiger partial charge on any atom is -0.355 e. The molecule has 0 fully saturated rings. The van der Waals surface area contributed by atoms with E-state index in [-0.39, 0.29) is 0 Å². The fourth-order valence-corrected chi connectivity index (χ4v) is 17.6. The molecule has 0 aliphatic rings. The van der Waals surface area contributed by atoms with Crippen LogP contribution in [0.5, 0.6) is 0 Å². The van der Waals surface area contributed by atoms with Crippen LogP contribution >= 0.6 is 22.7 Å². The topological polar surface area (TPSA) is 129 Å². The molecule has 2 N–H and O–H groups in total. The molecule has 0 saturated carbocycles. The van der Waals surface area contributed by atoms with Gasteiger partial charge in [0.25, 0.3) is 0 Å². The molecule has 0 aliphatic carbocycles. The summed E-state index contributed by atoms with van der Waals surface area (Å²) in [5.41, 5.74) is 25.6. The lowest BCUT2D eigenvalue weighted by atomic mass is 10.0. The summed E-state index contributed by atoms with van der Waals surface area (Å²) in [5.74, 6) is 0. The zero-order valence-corrected chi connectivity index (χ0v) is 50.0. The quantitative estimate of drug-likeness (QED) is 0.177. The number of pyridine rings is 6. The van der Waals surface area contributed by atoms with Gasteiger partial charge >= 0.3 is 0 Å². The van der Waals surface area contributed by atoms with Gasteiger partial charge in [-0.3, -0.25) is 19.9 Å². The van der Waals surface area contributed by atoms with Gasteiger partial charge in [0.1, 0.15) is 44.1 Å². The molecule has 14 heterocycles. The highest BCUT2D eigenvalue weighted by Crippen LogP contribution is 2.46. The van der Waals surface area contributed by atoms with Crippen molar-refractivity contribution < 1.29 is 0 Å². The van der Waals surface area contributed by atoms with Crippen molar-refractivity contribution in [1.29, 1.82) is 0 Å². The van der Waals surface area contributed by atoms with E-state index in [1.807, 2.05) is 71.7 Å². The standard InChI is InChI=1S/C78H42N12S2/c1-3-15-53-45(11-1)50-37-43(25-28-55(50)83-53)87-57-18-7-31-79-69(57)73-63(87)39-64-74(85-73)70-58(19-8-32-80-70)88(64)44-26-29-56-51(38-44)49-35-41(23-27-54(49)84-56)42-24-30-68-52(36-42)48-14-6-17-62(78(48)92-68)90-60-21-10-34-82-72(60)76-66(90)40-65-75(86-76)71-59(20-9-33-81-71)89(65)61-16-5-13-47-46-12-2-4-22-67(46)91-77(47)61/h1-40,83-84H. The summed E-state index contributed by atoms with van der Waals surface area (Å²) < 4.78 is 14.3. The number of para-hydroxylation sites is 1. The summed E-state index contributed by atoms with van der Waals surface area (Å²) in [6.07, 6.45) is 7.46. The van der Waals surface area contributed by atoms with Gasteiger partial charge in [-0.2, -0.15) is 0 Å². The van der Waals surface area contributed by atoms with Gasteiger partial charge in [0.2, 0.25) is 0 Å². The summed E-state index contributed by atoms with van der Waals surface area (Å²) in [6, 6.07) is 79.0. The van der Waals surface area contributed by atoms with Crippen molar-refractivity contribution in [1.82, 2.24) is 58.1 Å². The Kier molecular flexibility index (Phi) is 9.47. The van der Waals surface area contributed by atoms with E-state index in [0.29, 0.717) is 0 Å². The minimum absolute atomic E-state index is 0.829. The first-order valence-electron chi connectivity index (χ1n) is 30.6. The number of benzene rings is 8. The van der Waals surface area contributed by atoms with Gasteiger partial charge < -0.3 is 28.2 Å². The molecular formula is C78H42N12S2. The second kappa shape index (κ2) is 17.8. The first-order valence-corrected chi connectivity index (χ1v) is 32.3. The third-order valence-corrected chi connectivity index (χ3v) is 21.6. The highest BCUT2D eigenvalue weighted by Gasteiger charge is 2.26. The number of nitrogens with zero attached hydrogens (tertiary/aromatic N) is 10. The van der Waals surface area contributed by atoms with Crippen molar-refractivity contribution in [2.24, 2.45) is 0 Å². The van der Waals surface area contributed by atoms with Gasteiger partial charge in [-0.1, -0.05) is 72.8 Å². The van der Waals surface area contributed by atoms with Crippen LogP contribution in [-0.4, -0.2) is 58.1 Å². The van der Waals surface area contributed by atoms with Crippen LogP contribution in [0.25, 0.3) is 206 Å². The molecule has 0 amide bonds. The lowest BCUT2D eigenvalue weighted by Crippen LogP contribution is -1.97. The fraction of sp³-hybridized carbons (Fsp3) is 0. The maximum atomic E-state index is 5.56. The van der Waals surface area contributed by atoms with E-state index in [1.54, 1.807) is 0 Å². The molecule has 0 aliphatic heterocycles. The van der Waals surface area contributed by atoms with Crippen LogP contribution in [0.15, 0.2) is 243 Å². The van der Waals surface area contributed by atoms with E-state index in [4.69, 9.17) is 29.9 Å². The Bertz CT molecular complexity index is 7040. The van der Waals surface area contributed by atoms with Crippen LogP contribution in [0.4, 0.5) is 0 Å². The molecule has 0 saturated heterocycles. The second-order valence-corrected chi connectivity index (χ2v) is 26.1. The monoisotopic (exact) mass is 1210 g/mol. The molecule has 426 valence electrons. The van der Waals surface area contributed by atoms with Gasteiger partial charge in [-0.05, 0) is 157 Å². The molecule has 0 atom stereocenters. The average Bonchev–Trinajstić information content (AvgIpc) is 1.57. The maximum Gasteiger partial charge on any atom is 0.116 e. The van der Waals surface area contributed by atoms with Crippen molar-refractivity contribution in [2.45, 2.75) is 0 Å². The molecule has 0 radical (unpaired) electrons. The molecule has 0 unspecified atom stereocenters. The third kappa shape index (κ3) is 6.52. The Morgan fingerprint density at radius 3 is 1.22 bits per heavy atom. The van der Waals surface area contributed by atoms with E-state index in [2.05, 4.69) is 222 Å². The number of hydrogen-bond acceptors (Lipinski definition) is 8. The Morgan fingerprint density at radius 2 is 0.663 bits per heavy atom. The molecule has 12 nitrogen and oxygen atoms in total. The van der Waals surface area contributed by atoms with Crippen molar-refractivity contribution in [3.8, 4) is 33.9 Å². The van der Waals surface area contributed by atoms with Crippen LogP contribution in [0, 0.1) is 0 Å². The Labute approximate surface area is 526 Å². The van der Waals surface area contributed by atoms with Crippen molar-refractivity contribution in [3.05, 3.63) is 243 Å². The molecule has 14 heteroatoms. The van der Waals surface area contributed by atoms with Gasteiger partial charge in [-0.25, -0.2) is 9.97 Å². The molecule has 92 heavy (non-hydrogen) atoms. The molecular weight excluding hydrogens is 1170 g/mol. The van der Waals surface area contributed by atoms with Crippen LogP contribution < -0.4 is 0 Å². The molecule has 22 rings (SSSR count). The fourth-order valence-electron chi connectivity index (χ4n) is 15.2. The summed E-state index contributed by atoms with van der Waals surface area (Å²) in [6.45, 7) is 0. The van der Waals surface area contributed by atoms with E-state index >= 15 is 0 Å². The SMILES string of the molecule is c1ccc2c(c1)[nH]c1ccc(-n3c4cccnc4c4nc5c6ncccc6n(-c6ccc7[nH]c8ccc(-c9ccc%10sc%11c(-n%12c%13cccnc%13c%13nc%14c%15ncccc%15n(-c%15cccc%16c%15sc%15ccccc%15%16)c%14cc%13%12)cccc%11c%10c9)cc8c7c6)c5cc43)cc12. The zero-order chi connectivity index (χ0) is 59.6. The van der Waals surface area contributed by atoms with Gasteiger partial charge in [0.15, 0.2) is 0 Å². The van der Waals surface area contributed by atoms with E-state index in [1.165, 1.54) is 51.1 Å². The largest absolute Gasteiger partial charge is 0.355 e. The number of fused-ring (bicyclic) bond motifs is 24. The lowest BCUT2D eigenvalue weighted by molar-refractivity contribution is 1.16. The molecule has 8 aromatic carbocycles. The van der Waals surface area contributed by atoms with Crippen LogP contribution in [0.2, 0.25) is 0 Å². The highest BCUT2D eigenvalue weighted by atomic mass is 32.1. The number of rotatable bonds is 5. The second-order valence-electron chi connectivity index (χ2n) is 24.0. The van der Waals surface area contributed by atoms with Gasteiger partial charge in [0, 0.05) is 111 Å². The Hall–Kier alpha value is -12.1. The first kappa shape index (κ1) is 48.9. The van der Waals surface area contributed by atoms with E-state index in [9.17, 15) is 0 Å². The number of H-pyrrole nitrogens is 2. The van der Waals surface area contributed by atoms with Crippen LogP contribution in [0.3, 0.4) is 0 Å². The van der Waals surface area contributed by atoms with Crippen molar-refractivity contribution >= 4 is 195 Å². The normalized spacial score (nSPS) is 12.6. The number of aromatic nitrogens is 12. The number of nitrogens with one attached hydrogen (secondary N) is 2. The Morgan fingerprint density at radius 1 is 0.261 bits per heavy atom. The predicted molar refractivity (Wildman–Crippen MR) is 381 cm³/mol. The summed E-state index contributed by atoms with van der Waals surface area (Å²) >= 11 is 3.66. The summed E-state index contributed by atoms with van der Waals surface area (Å²) in [5, 5.41) is 9.55. The first-order chi connectivity index (χ1) is 45.6. The molecule has 22 aromatic rings. The molecule has 0 bridgehead atoms. The predicted octanol–water partition coefficient (Wildman–Crippen LogP) is 20.1. The maximum absolute atomic E-state index is 5.56. The number of thiophene rings is 2. The van der Waals surface area contributed by atoms with Crippen molar-refractivity contribution in [2.75, 3.05) is 0 Å². The lowest BCUT2D eigenvalue weighted by Gasteiger charge is -2.11. The minimum atomic E-state index is 0.829. The van der Waals surface area contributed by atoms with Crippen LogP contribution in [0.1, 0.15) is 0 Å². The average molecular weight is 1210 g/mol. The molecule has 0 spiro atoms. The van der Waals surface area contributed by atoms with Crippen LogP contribution in [-0.2, 0) is 0 Å². The summed E-state index contributed by atoms with van der Waals surface area (Å²) in [4.78, 5) is 38.5. The smallest absolute Gasteiger partial charge is 0.116 e. The van der Waals surface area contributed by atoms with Crippen molar-refractivity contribution in [3.63, 3.8) is 0 Å². The third-order valence-electron chi connectivity index (χ3n) is 19.2. The number of hydrogen-bond donors (Lipinski definition) is 2. The number of aromatic amines is 2. The molecule has 14 aromatic heterocycles. The van der Waals surface area contributed by atoms with Gasteiger partial charge in [0.05, 0.1) is 64.9 Å². The Balaban J connectivity index is 0.690. The highest BCUT2D eigenvalue weighted by molar-refractivity contribution is 7.26. The van der Waals surface area contributed by atoms with E-state index in [0.717, 1.165) is 155 Å². The van der Waals surface area contributed by atoms with E-state index < -0.39 is 0 Å². The summed E-state index contributed by atoms with van der Waals surface area (Å²) in [7, 11) is 0. The zero-order valence-electron chi connectivity index (χ0n) is 48.4. The van der Waals surface area contributed by atoms with Gasteiger partial charge in [-0.15, -0.1) is 22.7 Å².